The first-order valence-electron chi connectivity index (χ1n) is 4.64. The molecule has 1 aromatic carbocycles. The zero-order valence-electron chi connectivity index (χ0n) is 8.49. The normalized spacial score (nSPS) is 10.4. The minimum Gasteiger partial charge on any atom is -0.477 e. The van der Waals surface area contributed by atoms with E-state index in [-0.39, 0.29) is 11.0 Å². The summed E-state index contributed by atoms with van der Waals surface area (Å²) in [6, 6.07) is 7.41. The summed E-state index contributed by atoms with van der Waals surface area (Å²) in [7, 11) is 0. The van der Waals surface area contributed by atoms with Gasteiger partial charge in [-0.25, -0.2) is 9.78 Å². The molecule has 4 nitrogen and oxygen atoms in total. The van der Waals surface area contributed by atoms with Crippen LogP contribution in [0.25, 0.3) is 11.3 Å². The van der Waals surface area contributed by atoms with Gasteiger partial charge < -0.3 is 10.1 Å². The first-order chi connectivity index (χ1) is 7.58. The van der Waals surface area contributed by atoms with Gasteiger partial charge in [-0.1, -0.05) is 29.8 Å². The van der Waals surface area contributed by atoms with Crippen LogP contribution >= 0.6 is 11.6 Å². The van der Waals surface area contributed by atoms with Crippen molar-refractivity contribution in [1.82, 2.24) is 9.97 Å². The average Bonchev–Trinajstić information content (AvgIpc) is 2.61. The smallest absolute Gasteiger partial charge is 0.354 e. The maximum absolute atomic E-state index is 10.9. The molecule has 0 aliphatic heterocycles. The fraction of sp³-hybridized carbons (Fsp3) is 0.0909. The third-order valence-corrected chi connectivity index (χ3v) is 2.39. The van der Waals surface area contributed by atoms with Crippen molar-refractivity contribution < 1.29 is 9.90 Å². The molecule has 0 bridgehead atoms. The highest BCUT2D eigenvalue weighted by Gasteiger charge is 2.16. The minimum atomic E-state index is -1.07. The predicted molar refractivity (Wildman–Crippen MR) is 60.7 cm³/mol. The van der Waals surface area contributed by atoms with Crippen LogP contribution in [-0.2, 0) is 0 Å². The van der Waals surface area contributed by atoms with Crippen LogP contribution in [-0.4, -0.2) is 21.0 Å². The fourth-order valence-electron chi connectivity index (χ4n) is 1.42. The Morgan fingerprint density at radius 1 is 1.38 bits per heavy atom. The van der Waals surface area contributed by atoms with Crippen LogP contribution in [0.2, 0.25) is 5.28 Å². The second kappa shape index (κ2) is 3.98. The lowest BCUT2D eigenvalue weighted by Crippen LogP contribution is -1.99. The third-order valence-electron chi connectivity index (χ3n) is 2.21. The van der Waals surface area contributed by atoms with Gasteiger partial charge in [-0.2, -0.15) is 0 Å². The number of imidazole rings is 1. The minimum absolute atomic E-state index is 0.00820. The molecule has 0 fully saturated rings. The van der Waals surface area contributed by atoms with E-state index < -0.39 is 5.97 Å². The molecular weight excluding hydrogens is 228 g/mol. The number of halogens is 1. The summed E-state index contributed by atoms with van der Waals surface area (Å²) in [6.45, 7) is 1.96. The summed E-state index contributed by atoms with van der Waals surface area (Å²) in [6.07, 6.45) is 0. The van der Waals surface area contributed by atoms with Crippen molar-refractivity contribution >= 4 is 17.6 Å². The number of benzene rings is 1. The number of nitrogens with zero attached hydrogens (tertiary/aromatic N) is 1. The number of aromatic amines is 1. The number of nitrogens with one attached hydrogen (secondary N) is 1. The van der Waals surface area contributed by atoms with Crippen LogP contribution in [0.3, 0.4) is 0 Å². The molecule has 2 N–H and O–H groups in total. The van der Waals surface area contributed by atoms with Crippen LogP contribution in [0, 0.1) is 6.92 Å². The fourth-order valence-corrected chi connectivity index (χ4v) is 1.60. The molecule has 0 saturated carbocycles. The van der Waals surface area contributed by atoms with Gasteiger partial charge in [0.05, 0.1) is 0 Å². The van der Waals surface area contributed by atoms with E-state index in [0.29, 0.717) is 5.69 Å². The number of carboxylic acid groups (broad SMARTS) is 1. The quantitative estimate of drug-likeness (QED) is 0.843. The molecule has 0 amide bonds. The van der Waals surface area contributed by atoms with Gasteiger partial charge in [-0.3, -0.25) is 0 Å². The lowest BCUT2D eigenvalue weighted by atomic mass is 10.1. The summed E-state index contributed by atoms with van der Waals surface area (Å²) in [5.74, 6) is -1.07. The van der Waals surface area contributed by atoms with Crippen molar-refractivity contribution in [3.63, 3.8) is 0 Å². The Labute approximate surface area is 96.9 Å². The number of carboxylic acids is 1. The topological polar surface area (TPSA) is 66.0 Å². The number of rotatable bonds is 2. The van der Waals surface area contributed by atoms with Crippen molar-refractivity contribution in [2.24, 2.45) is 0 Å². The lowest BCUT2D eigenvalue weighted by molar-refractivity contribution is 0.0692. The van der Waals surface area contributed by atoms with Gasteiger partial charge in [0, 0.05) is 5.56 Å². The van der Waals surface area contributed by atoms with Crippen molar-refractivity contribution in [1.29, 1.82) is 0 Å². The number of carbonyl (C=O) groups is 1. The maximum atomic E-state index is 10.9. The highest BCUT2D eigenvalue weighted by Crippen LogP contribution is 2.23. The van der Waals surface area contributed by atoms with E-state index in [0.717, 1.165) is 11.1 Å². The van der Waals surface area contributed by atoms with Gasteiger partial charge in [0.25, 0.3) is 0 Å². The van der Waals surface area contributed by atoms with Crippen molar-refractivity contribution in [2.75, 3.05) is 0 Å². The molecule has 5 heteroatoms. The number of H-pyrrole nitrogens is 1. The van der Waals surface area contributed by atoms with E-state index >= 15 is 0 Å². The van der Waals surface area contributed by atoms with Gasteiger partial charge in [0.1, 0.15) is 5.69 Å². The molecule has 0 atom stereocenters. The molecule has 82 valence electrons. The molecule has 2 rings (SSSR count). The number of hydrogen-bond acceptors (Lipinski definition) is 2. The van der Waals surface area contributed by atoms with Crippen molar-refractivity contribution in [2.45, 2.75) is 6.92 Å². The Morgan fingerprint density at radius 2 is 2.00 bits per heavy atom. The summed E-state index contributed by atoms with van der Waals surface area (Å²) in [5, 5.41) is 9.04. The van der Waals surface area contributed by atoms with Gasteiger partial charge in [-0.05, 0) is 18.5 Å². The third kappa shape index (κ3) is 1.92. The molecule has 0 saturated heterocycles. The van der Waals surface area contributed by atoms with Crippen LogP contribution < -0.4 is 0 Å². The Balaban J connectivity index is 2.55. The van der Waals surface area contributed by atoms with Gasteiger partial charge in [-0.15, -0.1) is 0 Å². The van der Waals surface area contributed by atoms with Crippen LogP contribution in [0.1, 0.15) is 16.1 Å². The molecule has 0 unspecified atom stereocenters. The van der Waals surface area contributed by atoms with E-state index in [1.807, 2.05) is 31.2 Å². The highest BCUT2D eigenvalue weighted by molar-refractivity contribution is 6.28. The summed E-state index contributed by atoms with van der Waals surface area (Å²) >= 11 is 5.66. The average molecular weight is 237 g/mol. The molecule has 0 radical (unpaired) electrons. The zero-order chi connectivity index (χ0) is 11.7. The SMILES string of the molecule is Cc1ccc(-c2nc(Cl)[nH]c2C(=O)O)cc1. The van der Waals surface area contributed by atoms with Crippen LogP contribution in [0.15, 0.2) is 24.3 Å². The first-order valence-corrected chi connectivity index (χ1v) is 5.01. The first kappa shape index (κ1) is 10.7. The second-order valence-corrected chi connectivity index (χ2v) is 3.78. The maximum Gasteiger partial charge on any atom is 0.354 e. The van der Waals surface area contributed by atoms with Crippen LogP contribution in [0.5, 0.6) is 0 Å². The number of hydrogen-bond donors (Lipinski definition) is 2. The van der Waals surface area contributed by atoms with Crippen molar-refractivity contribution in [3.05, 3.63) is 40.8 Å². The Hall–Kier alpha value is -1.81. The lowest BCUT2D eigenvalue weighted by Gasteiger charge is -1.99. The molecule has 1 heterocycles. The van der Waals surface area contributed by atoms with E-state index in [1.54, 1.807) is 0 Å². The molecule has 0 aliphatic carbocycles. The second-order valence-electron chi connectivity index (χ2n) is 3.42. The Bertz CT molecular complexity index is 531. The number of aromatic nitrogens is 2. The van der Waals surface area contributed by atoms with Gasteiger partial charge in [0.15, 0.2) is 5.69 Å². The standard InChI is InChI=1S/C11H9ClN2O2/c1-6-2-4-7(5-3-6)8-9(10(15)16)14-11(12)13-8/h2-5H,1H3,(H,13,14)(H,15,16). The zero-order valence-corrected chi connectivity index (χ0v) is 9.25. The Kier molecular flexibility index (Phi) is 2.66. The number of aromatic carboxylic acids is 1. The van der Waals surface area contributed by atoms with E-state index in [4.69, 9.17) is 16.7 Å². The van der Waals surface area contributed by atoms with E-state index in [9.17, 15) is 4.79 Å². The monoisotopic (exact) mass is 236 g/mol. The number of aryl methyl sites for hydroxylation is 1. The van der Waals surface area contributed by atoms with Gasteiger partial charge in [0.2, 0.25) is 5.28 Å². The molecule has 1 aromatic heterocycles. The largest absolute Gasteiger partial charge is 0.477 e. The van der Waals surface area contributed by atoms with Gasteiger partial charge >= 0.3 is 5.97 Å². The van der Waals surface area contributed by atoms with E-state index in [1.165, 1.54) is 0 Å². The Morgan fingerprint density at radius 3 is 2.56 bits per heavy atom. The van der Waals surface area contributed by atoms with Crippen molar-refractivity contribution in [3.8, 4) is 11.3 Å². The molecule has 0 aliphatic rings. The summed E-state index contributed by atoms with van der Waals surface area (Å²) < 4.78 is 0. The molecule has 16 heavy (non-hydrogen) atoms. The van der Waals surface area contributed by atoms with E-state index in [2.05, 4.69) is 9.97 Å². The predicted octanol–water partition coefficient (Wildman–Crippen LogP) is 2.74. The molecule has 0 spiro atoms. The molecule has 2 aromatic rings. The highest BCUT2D eigenvalue weighted by atomic mass is 35.5. The molecular formula is C11H9ClN2O2. The van der Waals surface area contributed by atoms with Crippen LogP contribution in [0.4, 0.5) is 0 Å². The summed E-state index contributed by atoms with van der Waals surface area (Å²) in [4.78, 5) is 17.4. The summed E-state index contributed by atoms with van der Waals surface area (Å²) in [5.41, 5.74) is 2.19.